The Morgan fingerprint density at radius 1 is 1.12 bits per heavy atom. The van der Waals surface area contributed by atoms with Gasteiger partial charge in [0.1, 0.15) is 11.3 Å². The second kappa shape index (κ2) is 14.1. The van der Waals surface area contributed by atoms with E-state index in [-0.39, 0.29) is 10.8 Å². The van der Waals surface area contributed by atoms with Crippen LogP contribution in [0.3, 0.4) is 0 Å². The number of fused-ring (bicyclic) bond motifs is 4. The van der Waals surface area contributed by atoms with Crippen LogP contribution in [-0.2, 0) is 23.1 Å². The smallest absolute Gasteiger partial charge is 0.329 e. The van der Waals surface area contributed by atoms with Crippen molar-refractivity contribution in [3.8, 4) is 17.2 Å². The molecule has 4 aliphatic rings. The van der Waals surface area contributed by atoms with E-state index in [0.29, 0.717) is 55.4 Å². The Morgan fingerprint density at radius 3 is 2.57 bits per heavy atom. The first-order valence-electron chi connectivity index (χ1n) is 18.8. The number of carboxylic acids is 1. The fraction of sp³-hybridized carbons (Fsp3) is 0.571. The van der Waals surface area contributed by atoms with Crippen LogP contribution >= 0.6 is 11.6 Å². The predicted molar refractivity (Wildman–Crippen MR) is 202 cm³/mol. The van der Waals surface area contributed by atoms with Gasteiger partial charge in [0, 0.05) is 40.1 Å². The lowest BCUT2D eigenvalue weighted by atomic mass is 9.59. The number of pyridine rings is 1. The van der Waals surface area contributed by atoms with Crippen LogP contribution in [0.5, 0.6) is 17.2 Å². The Morgan fingerprint density at radius 2 is 1.86 bits per heavy atom. The number of ether oxygens (including phenoxy) is 3. The molecule has 0 amide bonds. The second-order valence-corrected chi connectivity index (χ2v) is 17.2. The minimum absolute atomic E-state index is 0.133. The molecule has 0 saturated heterocycles. The Labute approximate surface area is 308 Å². The average Bonchev–Trinajstić information content (AvgIpc) is 3.26. The molecule has 274 valence electrons. The normalized spacial score (nSPS) is 28.8. The lowest BCUT2D eigenvalue weighted by Gasteiger charge is -2.47. The molecule has 1 aliphatic heterocycles. The molecule has 1 fully saturated rings. The number of hydrogen-bond donors (Lipinski definition) is 2. The van der Waals surface area contributed by atoms with E-state index in [1.165, 1.54) is 35.2 Å². The third-order valence-corrected chi connectivity index (χ3v) is 12.4. The maximum Gasteiger partial charge on any atom is 0.329 e. The molecule has 7 rings (SSSR count). The number of hydrogen-bond acceptors (Lipinski definition) is 7. The van der Waals surface area contributed by atoms with Gasteiger partial charge in [-0.15, -0.1) is 0 Å². The highest BCUT2D eigenvalue weighted by molar-refractivity contribution is 6.30. The van der Waals surface area contributed by atoms with E-state index in [1.807, 2.05) is 36.5 Å². The molecule has 1 spiro atoms. The van der Waals surface area contributed by atoms with Crippen LogP contribution in [0, 0.1) is 17.3 Å². The van der Waals surface area contributed by atoms with Gasteiger partial charge in [-0.2, -0.15) is 0 Å². The molecule has 9 heteroatoms. The standard InChI is InChI=1S/C42H54ClN3O5/c1-27(23-49-35-12-17-44-34-11-6-8-28(2)38(34)35)18-30-19-29-20-36-37(51-26-40(3,25-50-36)24-46(4)5)22-33(29)41(30)13-15-42(16-14-41,39(47)48)45-32-10-7-9-31(43)21-32/h7,9-10,12,17,20-22,27-28,30,45H,6,8,11,13-16,18-19,23-26H2,1-5H3,(H,47,48)/t27-,28-,30+,40?,41?,42?/m1/s1. The van der Waals surface area contributed by atoms with Crippen LogP contribution in [0.25, 0.3) is 0 Å². The molecule has 4 atom stereocenters. The molecule has 2 aromatic carbocycles. The molecule has 51 heavy (non-hydrogen) atoms. The highest BCUT2D eigenvalue weighted by Gasteiger charge is 2.54. The summed E-state index contributed by atoms with van der Waals surface area (Å²) < 4.78 is 19.6. The van der Waals surface area contributed by atoms with Crippen LogP contribution < -0.4 is 19.5 Å². The van der Waals surface area contributed by atoms with Crippen LogP contribution in [0.15, 0.2) is 48.7 Å². The van der Waals surface area contributed by atoms with Crippen molar-refractivity contribution in [1.82, 2.24) is 9.88 Å². The topological polar surface area (TPSA) is 93.2 Å². The molecule has 0 bridgehead atoms. The van der Waals surface area contributed by atoms with Gasteiger partial charge in [0.05, 0.1) is 19.8 Å². The SMILES string of the molecule is C[C@@H](COc1ccnc2c1[C@H](C)CCC2)C[C@H]1Cc2cc3c(cc2C12CCC(Nc1cccc(Cl)c1)(C(=O)O)CC2)OCC(C)(CN(C)C)CO3. The number of carboxylic acid groups (broad SMARTS) is 1. The Balaban J connectivity index is 1.16. The van der Waals surface area contributed by atoms with E-state index in [1.54, 1.807) is 0 Å². The highest BCUT2D eigenvalue weighted by atomic mass is 35.5. The van der Waals surface area contributed by atoms with Crippen LogP contribution in [0.2, 0.25) is 5.02 Å². The van der Waals surface area contributed by atoms with Gasteiger partial charge in [-0.25, -0.2) is 4.79 Å². The largest absolute Gasteiger partial charge is 0.493 e. The summed E-state index contributed by atoms with van der Waals surface area (Å²) in [6.45, 7) is 9.47. The van der Waals surface area contributed by atoms with E-state index in [0.717, 1.165) is 61.6 Å². The van der Waals surface area contributed by atoms with E-state index in [4.69, 9.17) is 25.8 Å². The maximum absolute atomic E-state index is 13.0. The van der Waals surface area contributed by atoms with Gasteiger partial charge in [0.15, 0.2) is 11.5 Å². The molecule has 2 heterocycles. The zero-order valence-electron chi connectivity index (χ0n) is 30.9. The van der Waals surface area contributed by atoms with Crippen molar-refractivity contribution >= 4 is 23.3 Å². The third kappa shape index (κ3) is 7.15. The van der Waals surface area contributed by atoms with Gasteiger partial charge in [-0.3, -0.25) is 4.98 Å². The van der Waals surface area contributed by atoms with Crippen molar-refractivity contribution in [3.63, 3.8) is 0 Å². The predicted octanol–water partition coefficient (Wildman–Crippen LogP) is 8.54. The van der Waals surface area contributed by atoms with E-state index in [9.17, 15) is 9.90 Å². The Hall–Kier alpha value is -3.49. The van der Waals surface area contributed by atoms with Crippen molar-refractivity contribution in [3.05, 3.63) is 76.1 Å². The fourth-order valence-electron chi connectivity index (χ4n) is 9.74. The first-order valence-corrected chi connectivity index (χ1v) is 19.2. The molecule has 1 saturated carbocycles. The second-order valence-electron chi connectivity index (χ2n) is 16.8. The zero-order chi connectivity index (χ0) is 36.0. The average molecular weight is 716 g/mol. The number of aliphatic carboxylic acids is 1. The van der Waals surface area contributed by atoms with Crippen molar-refractivity contribution in [2.75, 3.05) is 45.8 Å². The van der Waals surface area contributed by atoms with Crippen LogP contribution in [0.1, 0.15) is 94.0 Å². The zero-order valence-corrected chi connectivity index (χ0v) is 31.7. The molecule has 3 aliphatic carbocycles. The fourth-order valence-corrected chi connectivity index (χ4v) is 9.93. The summed E-state index contributed by atoms with van der Waals surface area (Å²) in [6.07, 6.45) is 9.69. The Kier molecular flexibility index (Phi) is 9.96. The van der Waals surface area contributed by atoms with Gasteiger partial charge in [0.25, 0.3) is 0 Å². The summed E-state index contributed by atoms with van der Waals surface area (Å²) in [7, 11) is 4.17. The molecular weight excluding hydrogens is 662 g/mol. The number of anilines is 1. The lowest BCUT2D eigenvalue weighted by molar-refractivity contribution is -0.144. The molecule has 2 N–H and O–H groups in total. The Bertz CT molecular complexity index is 1750. The summed E-state index contributed by atoms with van der Waals surface area (Å²) >= 11 is 6.30. The van der Waals surface area contributed by atoms with Crippen molar-refractivity contribution in [2.45, 2.75) is 95.4 Å². The van der Waals surface area contributed by atoms with Gasteiger partial charge < -0.3 is 29.5 Å². The van der Waals surface area contributed by atoms with E-state index >= 15 is 0 Å². The maximum atomic E-state index is 13.0. The summed E-state index contributed by atoms with van der Waals surface area (Å²) in [5.41, 5.74) is 4.42. The van der Waals surface area contributed by atoms with Crippen molar-refractivity contribution in [1.29, 1.82) is 0 Å². The molecule has 1 unspecified atom stereocenters. The van der Waals surface area contributed by atoms with Crippen molar-refractivity contribution < 1.29 is 24.1 Å². The van der Waals surface area contributed by atoms with Crippen molar-refractivity contribution in [2.24, 2.45) is 17.3 Å². The number of aryl methyl sites for hydroxylation is 1. The summed E-state index contributed by atoms with van der Waals surface area (Å²) in [5.74, 6) is 2.88. The minimum Gasteiger partial charge on any atom is -0.493 e. The molecule has 3 aromatic rings. The van der Waals surface area contributed by atoms with Crippen LogP contribution in [-0.4, -0.2) is 67.0 Å². The lowest BCUT2D eigenvalue weighted by Crippen LogP contribution is -2.53. The number of halogens is 1. The van der Waals surface area contributed by atoms with Crippen LogP contribution in [0.4, 0.5) is 5.69 Å². The summed E-state index contributed by atoms with van der Waals surface area (Å²) in [6, 6.07) is 13.9. The van der Waals surface area contributed by atoms with Gasteiger partial charge in [-0.1, -0.05) is 38.4 Å². The van der Waals surface area contributed by atoms with E-state index in [2.05, 4.69) is 62.2 Å². The molecular formula is C42H54ClN3O5. The van der Waals surface area contributed by atoms with Gasteiger partial charge in [0.2, 0.25) is 0 Å². The highest BCUT2D eigenvalue weighted by Crippen LogP contribution is 2.58. The molecule has 0 radical (unpaired) electrons. The quantitative estimate of drug-likeness (QED) is 0.216. The number of rotatable bonds is 10. The third-order valence-electron chi connectivity index (χ3n) is 12.2. The minimum atomic E-state index is -1.08. The number of nitrogens with one attached hydrogen (secondary N) is 1. The van der Waals surface area contributed by atoms with Gasteiger partial charge >= 0.3 is 5.97 Å². The number of benzene rings is 2. The number of carbonyl (C=O) groups is 1. The summed E-state index contributed by atoms with van der Waals surface area (Å²) in [4.78, 5) is 19.9. The molecule has 8 nitrogen and oxygen atoms in total. The first-order chi connectivity index (χ1) is 24.4. The summed E-state index contributed by atoms with van der Waals surface area (Å²) in [5, 5.41) is 14.7. The monoisotopic (exact) mass is 715 g/mol. The number of aromatic nitrogens is 1. The van der Waals surface area contributed by atoms with Gasteiger partial charge in [-0.05, 0) is 143 Å². The molecule has 1 aromatic heterocycles. The van der Waals surface area contributed by atoms with E-state index < -0.39 is 11.5 Å². The number of nitrogens with zero attached hydrogens (tertiary/aromatic N) is 2. The first kappa shape index (κ1) is 35.9.